The number of fused-ring (bicyclic) bond motifs is 3. The largest absolute Gasteiger partial charge is 1.00 e. The Balaban J connectivity index is 0.000000748. The minimum Gasteiger partial charge on any atom is -0.870 e. The standard InChI is InChI=1S/C27H28FN6O.C2H6O.CH3NO.K.H2O/c1-15(2)16-9-11-17(12-10-16)21-22-24-20(33(4)27(35)34(24)18-7-5-6-8-18)13-29-26(22)30-23(21)19-14-32(3)31-25(19)28;1-3-2;2-1-3;;/h9-15,18H,1,5-8H2,2-4H3,(H,29,30);1-2H3;1H,(H2,2,3);;1H2/q-1;;;+1;/p-1. The maximum absolute atomic E-state index is 15.0. The second-order valence-electron chi connectivity index (χ2n) is 10.3. The van der Waals surface area contributed by atoms with E-state index in [2.05, 4.69) is 51.5 Å². The third-order valence-electron chi connectivity index (χ3n) is 7.38. The van der Waals surface area contributed by atoms with Gasteiger partial charge in [-0.25, -0.2) is 9.78 Å². The Kier molecular flexibility index (Phi) is 13.5. The monoisotopic (exact) mass is 618 g/mol. The first-order valence-electron chi connectivity index (χ1n) is 13.5. The third kappa shape index (κ3) is 7.19. The molecule has 1 aromatic carbocycles. The zero-order valence-electron chi connectivity index (χ0n) is 25.6. The number of carbonyl (C=O) groups excluding carboxylic acids is 1. The van der Waals surface area contributed by atoms with Gasteiger partial charge in [-0.3, -0.25) is 18.6 Å². The summed E-state index contributed by atoms with van der Waals surface area (Å²) in [5, 5.41) is 4.77. The first-order valence-corrected chi connectivity index (χ1v) is 13.5. The molecule has 13 heteroatoms. The van der Waals surface area contributed by atoms with Crippen molar-refractivity contribution in [1.82, 2.24) is 28.9 Å². The number of imidazole rings is 1. The Morgan fingerprint density at radius 1 is 1.19 bits per heavy atom. The van der Waals surface area contributed by atoms with Gasteiger partial charge in [0.05, 0.1) is 33.9 Å². The Morgan fingerprint density at radius 2 is 1.77 bits per heavy atom. The second-order valence-corrected chi connectivity index (χ2v) is 10.3. The number of nitrogens with zero attached hydrogens (tertiary/aromatic N) is 5. The number of rotatable bonds is 4. The molecule has 0 radical (unpaired) electrons. The van der Waals surface area contributed by atoms with E-state index in [-0.39, 0.29) is 80.9 Å². The molecule has 4 N–H and O–H groups in total. The Morgan fingerprint density at radius 3 is 2.28 bits per heavy atom. The summed E-state index contributed by atoms with van der Waals surface area (Å²) < 4.78 is 24.3. The van der Waals surface area contributed by atoms with Crippen LogP contribution in [0.25, 0.3) is 44.5 Å². The number of aromatic nitrogens is 6. The Labute approximate surface area is 292 Å². The molecule has 4 aromatic heterocycles. The van der Waals surface area contributed by atoms with E-state index in [1.54, 1.807) is 45.3 Å². The van der Waals surface area contributed by atoms with Crippen LogP contribution in [0.4, 0.5) is 4.39 Å². The number of nitrogens with one attached hydrogen (secondary N) is 1. The molecule has 1 aliphatic rings. The van der Waals surface area contributed by atoms with Gasteiger partial charge in [-0.2, -0.15) is 4.39 Å². The number of aryl methyl sites for hydroxylation is 2. The molecule has 1 saturated carbocycles. The molecule has 0 aliphatic heterocycles. The number of hydrogen-bond acceptors (Lipinski definition) is 6. The number of nitrogens with two attached hydrogens (primary N) is 1. The average molecular weight is 619 g/mol. The minimum atomic E-state index is -0.555. The number of hydrogen-bond donors (Lipinski definition) is 2. The normalized spacial score (nSPS) is 13.4. The summed E-state index contributed by atoms with van der Waals surface area (Å²) in [7, 11) is 6.74. The molecule has 0 saturated heterocycles. The van der Waals surface area contributed by atoms with Crippen LogP contribution < -0.4 is 62.8 Å². The van der Waals surface area contributed by atoms with Crippen LogP contribution in [-0.4, -0.2) is 55.0 Å². The van der Waals surface area contributed by atoms with Crippen LogP contribution in [0.5, 0.6) is 0 Å². The number of carbonyl (C=O) groups is 1. The fourth-order valence-corrected chi connectivity index (χ4v) is 5.58. The minimum absolute atomic E-state index is 0. The predicted molar refractivity (Wildman–Crippen MR) is 161 cm³/mol. The van der Waals surface area contributed by atoms with Crippen molar-refractivity contribution >= 4 is 28.5 Å². The van der Waals surface area contributed by atoms with Crippen LogP contribution in [0.15, 0.2) is 41.5 Å². The third-order valence-corrected chi connectivity index (χ3v) is 7.38. The summed E-state index contributed by atoms with van der Waals surface area (Å²) in [5.74, 6) is -0.405. The van der Waals surface area contributed by atoms with Crippen molar-refractivity contribution in [3.63, 3.8) is 0 Å². The van der Waals surface area contributed by atoms with Crippen molar-refractivity contribution in [3.05, 3.63) is 65.6 Å². The number of pyridine rings is 1. The van der Waals surface area contributed by atoms with Crippen LogP contribution in [0.3, 0.4) is 0 Å². The number of primary amides is 1. The van der Waals surface area contributed by atoms with Gasteiger partial charge < -0.3 is 27.9 Å². The van der Waals surface area contributed by atoms with Gasteiger partial charge in [0.15, 0.2) is 0 Å². The number of aromatic amines is 1. The van der Waals surface area contributed by atoms with E-state index in [0.717, 1.165) is 58.8 Å². The molecule has 0 bridgehead atoms. The van der Waals surface area contributed by atoms with Gasteiger partial charge in [-0.1, -0.05) is 49.6 Å². The van der Waals surface area contributed by atoms with E-state index >= 15 is 0 Å². The van der Waals surface area contributed by atoms with E-state index in [9.17, 15) is 9.18 Å². The van der Waals surface area contributed by atoms with E-state index in [4.69, 9.17) is 4.79 Å². The molecule has 4 heterocycles. The van der Waals surface area contributed by atoms with Gasteiger partial charge in [-0.15, -0.1) is 11.0 Å². The number of amides is 1. The first-order chi connectivity index (χ1) is 19.7. The number of benzene rings is 1. The maximum Gasteiger partial charge on any atom is 1.00 e. The van der Waals surface area contributed by atoms with E-state index in [0.29, 0.717) is 16.9 Å². The molecule has 1 unspecified atom stereocenters. The molecule has 1 atom stereocenters. The molecule has 0 spiro atoms. The molecular formula is C30H38FKN7O4-. The first kappa shape index (κ1) is 36.5. The Bertz CT molecular complexity index is 1710. The van der Waals surface area contributed by atoms with Gasteiger partial charge in [-0.05, 0) is 18.4 Å². The Hall–Kier alpha value is -2.65. The smallest absolute Gasteiger partial charge is 0.870 e. The summed E-state index contributed by atoms with van der Waals surface area (Å²) in [6.07, 6.45) is 7.83. The number of ether oxygens (including phenoxy) is 1. The van der Waals surface area contributed by atoms with Gasteiger partial charge in [0.2, 0.25) is 12.4 Å². The number of halogens is 1. The number of H-pyrrole nitrogens is 1. The fraction of sp³-hybridized carbons (Fsp3) is 0.367. The van der Waals surface area contributed by atoms with Crippen LogP contribution in [0.1, 0.15) is 50.1 Å². The zero-order valence-corrected chi connectivity index (χ0v) is 28.7. The topological polar surface area (TPSA) is 156 Å². The van der Waals surface area contributed by atoms with Crippen molar-refractivity contribution < 1.29 is 70.8 Å². The average Bonchev–Trinajstić information content (AvgIpc) is 3.71. The zero-order chi connectivity index (χ0) is 29.8. The molecule has 11 nitrogen and oxygen atoms in total. The van der Waals surface area contributed by atoms with E-state index in [1.807, 2.05) is 16.7 Å². The van der Waals surface area contributed by atoms with Crippen LogP contribution >= 0.6 is 0 Å². The molecule has 6 rings (SSSR count). The molecule has 43 heavy (non-hydrogen) atoms. The van der Waals surface area contributed by atoms with Crippen LogP contribution in [0.2, 0.25) is 0 Å². The summed E-state index contributed by atoms with van der Waals surface area (Å²) in [6.45, 7) is 6.17. The van der Waals surface area contributed by atoms with Gasteiger partial charge >= 0.3 is 57.1 Å². The fourth-order valence-electron chi connectivity index (χ4n) is 5.58. The molecule has 1 fully saturated rings. The summed E-state index contributed by atoms with van der Waals surface area (Å²) >= 11 is 0. The van der Waals surface area contributed by atoms with Crippen LogP contribution in [-0.2, 0) is 23.6 Å². The van der Waals surface area contributed by atoms with Crippen LogP contribution in [0, 0.1) is 12.9 Å². The second kappa shape index (κ2) is 15.9. The van der Waals surface area contributed by atoms with Crippen molar-refractivity contribution in [2.75, 3.05) is 14.2 Å². The van der Waals surface area contributed by atoms with Crippen molar-refractivity contribution in [3.8, 4) is 22.4 Å². The van der Waals surface area contributed by atoms with Gasteiger partial charge in [0.1, 0.15) is 5.65 Å². The molecular weight excluding hydrogens is 580 g/mol. The van der Waals surface area contributed by atoms with Crippen molar-refractivity contribution in [2.24, 2.45) is 19.8 Å². The van der Waals surface area contributed by atoms with Gasteiger partial charge in [0, 0.05) is 46.1 Å². The van der Waals surface area contributed by atoms with Crippen molar-refractivity contribution in [1.29, 1.82) is 0 Å². The van der Waals surface area contributed by atoms with E-state index in [1.165, 1.54) is 4.68 Å². The van der Waals surface area contributed by atoms with Crippen molar-refractivity contribution in [2.45, 2.75) is 44.6 Å². The summed E-state index contributed by atoms with van der Waals surface area (Å²) in [5.41, 5.74) is 10.2. The maximum atomic E-state index is 15.0. The quantitative estimate of drug-likeness (QED) is 0.177. The summed E-state index contributed by atoms with van der Waals surface area (Å²) in [4.78, 5) is 30.1. The molecule has 5 aromatic rings. The molecule has 226 valence electrons. The SMILES string of the molecule is COC.NC=O.[CH2-]C(C)c1ccc(-c2c(-c3cn(C)nc3F)[nH]c3ncc4c(c23)n(C2CCCC2)c(=O)n4C)cc1.[K+].[OH-]. The molecule has 1 amide bonds. The van der Waals surface area contributed by atoms with E-state index < -0.39 is 5.95 Å². The predicted octanol–water partition coefficient (Wildman–Crippen LogP) is 1.67. The van der Waals surface area contributed by atoms with Gasteiger partial charge in [0.25, 0.3) is 0 Å². The number of methoxy groups -OCH3 is 1. The summed E-state index contributed by atoms with van der Waals surface area (Å²) in [6, 6.07) is 8.33. The molecule has 1 aliphatic carbocycles.